The van der Waals surface area contributed by atoms with Gasteiger partial charge in [-0.1, -0.05) is 30.7 Å². The Hall–Kier alpha value is -0.860. The maximum Gasteiger partial charge on any atom is 0.0551 e. The molecule has 1 aliphatic heterocycles. The predicted octanol–water partition coefficient (Wildman–Crippen LogP) is 3.64. The Kier molecular flexibility index (Phi) is 3.90. The Morgan fingerprint density at radius 1 is 1.32 bits per heavy atom. The van der Waals surface area contributed by atoms with Gasteiger partial charge in [-0.2, -0.15) is 0 Å². The average molecular weight is 259 g/mol. The van der Waals surface area contributed by atoms with Crippen molar-refractivity contribution in [3.63, 3.8) is 0 Å². The van der Waals surface area contributed by atoms with E-state index in [2.05, 4.69) is 43.6 Å². The quantitative estimate of drug-likeness (QED) is 0.891. The van der Waals surface area contributed by atoms with Crippen molar-refractivity contribution in [1.29, 1.82) is 0 Å². The molecule has 0 aromatic heterocycles. The molecule has 1 heterocycles. The van der Waals surface area contributed by atoms with Crippen molar-refractivity contribution < 1.29 is 4.74 Å². The Morgan fingerprint density at radius 2 is 2.16 bits per heavy atom. The lowest BCUT2D eigenvalue weighted by Gasteiger charge is -2.28. The van der Waals surface area contributed by atoms with E-state index in [1.165, 1.54) is 36.8 Å². The van der Waals surface area contributed by atoms with Gasteiger partial charge in [0.05, 0.1) is 12.7 Å². The van der Waals surface area contributed by atoms with Gasteiger partial charge in [0.1, 0.15) is 0 Å². The van der Waals surface area contributed by atoms with Crippen molar-refractivity contribution in [2.45, 2.75) is 50.7 Å². The van der Waals surface area contributed by atoms with E-state index in [0.717, 1.165) is 12.5 Å². The zero-order chi connectivity index (χ0) is 13.2. The second-order valence-corrected chi connectivity index (χ2v) is 6.20. The molecule has 3 unspecified atom stereocenters. The van der Waals surface area contributed by atoms with Gasteiger partial charge in [-0.3, -0.25) is 0 Å². The van der Waals surface area contributed by atoms with Gasteiger partial charge in [0.25, 0.3) is 0 Å². The summed E-state index contributed by atoms with van der Waals surface area (Å²) in [6, 6.07) is 9.66. The highest BCUT2D eigenvalue weighted by atomic mass is 16.5. The standard InChI is InChI=1S/C17H25NO/c1-12-9-16(11-19-12)17(18-2)15-8-4-7-14(10-15)13-5-3-6-13/h4,7-8,10,12-13,16-18H,3,5-6,9,11H2,1-2H3. The van der Waals surface area contributed by atoms with Crippen molar-refractivity contribution in [3.8, 4) is 0 Å². The maximum atomic E-state index is 5.74. The second kappa shape index (κ2) is 5.64. The van der Waals surface area contributed by atoms with E-state index in [0.29, 0.717) is 18.1 Å². The first kappa shape index (κ1) is 13.1. The fourth-order valence-corrected chi connectivity index (χ4v) is 3.51. The van der Waals surface area contributed by atoms with Crippen LogP contribution in [-0.4, -0.2) is 19.8 Å². The van der Waals surface area contributed by atoms with Gasteiger partial charge in [-0.15, -0.1) is 0 Å². The molecule has 2 nitrogen and oxygen atoms in total. The van der Waals surface area contributed by atoms with E-state index in [1.807, 2.05) is 0 Å². The minimum absolute atomic E-state index is 0.413. The normalized spacial score (nSPS) is 29.2. The van der Waals surface area contributed by atoms with Crippen LogP contribution in [0, 0.1) is 5.92 Å². The first-order valence-corrected chi connectivity index (χ1v) is 7.66. The molecule has 1 saturated heterocycles. The fourth-order valence-electron chi connectivity index (χ4n) is 3.51. The third-order valence-electron chi connectivity index (χ3n) is 4.86. The zero-order valence-corrected chi connectivity index (χ0v) is 12.1. The highest BCUT2D eigenvalue weighted by Gasteiger charge is 2.30. The van der Waals surface area contributed by atoms with Crippen molar-refractivity contribution in [3.05, 3.63) is 35.4 Å². The fraction of sp³-hybridized carbons (Fsp3) is 0.647. The van der Waals surface area contributed by atoms with E-state index < -0.39 is 0 Å². The molecular formula is C17H25NO. The van der Waals surface area contributed by atoms with E-state index in [-0.39, 0.29) is 0 Å². The molecule has 2 fully saturated rings. The van der Waals surface area contributed by atoms with Crippen LogP contribution in [-0.2, 0) is 4.74 Å². The number of nitrogens with one attached hydrogen (secondary N) is 1. The van der Waals surface area contributed by atoms with Crippen LogP contribution in [0.15, 0.2) is 24.3 Å². The van der Waals surface area contributed by atoms with Gasteiger partial charge in [0.2, 0.25) is 0 Å². The Labute approximate surface area is 116 Å². The summed E-state index contributed by atoms with van der Waals surface area (Å²) in [4.78, 5) is 0. The summed E-state index contributed by atoms with van der Waals surface area (Å²) < 4.78 is 5.74. The molecule has 0 spiro atoms. The molecule has 1 N–H and O–H groups in total. The first-order chi connectivity index (χ1) is 9.28. The average Bonchev–Trinajstić information content (AvgIpc) is 2.75. The Bertz CT molecular complexity index is 427. The third kappa shape index (κ3) is 2.70. The number of ether oxygens (including phenoxy) is 1. The van der Waals surface area contributed by atoms with Crippen LogP contribution < -0.4 is 5.32 Å². The monoisotopic (exact) mass is 259 g/mol. The van der Waals surface area contributed by atoms with Crippen LogP contribution in [0.2, 0.25) is 0 Å². The molecule has 1 aromatic carbocycles. The lowest BCUT2D eigenvalue weighted by atomic mass is 9.79. The lowest BCUT2D eigenvalue weighted by molar-refractivity contribution is 0.117. The van der Waals surface area contributed by atoms with Crippen LogP contribution in [0.25, 0.3) is 0 Å². The smallest absolute Gasteiger partial charge is 0.0551 e. The highest BCUT2D eigenvalue weighted by Crippen LogP contribution is 2.38. The molecule has 0 amide bonds. The Balaban J connectivity index is 1.78. The molecule has 3 rings (SSSR count). The molecule has 104 valence electrons. The van der Waals surface area contributed by atoms with Crippen molar-refractivity contribution in [2.24, 2.45) is 5.92 Å². The molecule has 1 aromatic rings. The van der Waals surface area contributed by atoms with Crippen LogP contribution in [0.4, 0.5) is 0 Å². The van der Waals surface area contributed by atoms with Gasteiger partial charge < -0.3 is 10.1 Å². The molecule has 19 heavy (non-hydrogen) atoms. The van der Waals surface area contributed by atoms with E-state index >= 15 is 0 Å². The number of hydrogen-bond donors (Lipinski definition) is 1. The van der Waals surface area contributed by atoms with Gasteiger partial charge >= 0.3 is 0 Å². The first-order valence-electron chi connectivity index (χ1n) is 7.66. The minimum Gasteiger partial charge on any atom is -0.378 e. The summed E-state index contributed by atoms with van der Waals surface area (Å²) in [6.45, 7) is 3.07. The maximum absolute atomic E-state index is 5.74. The summed E-state index contributed by atoms with van der Waals surface area (Å²) in [5, 5.41) is 3.50. The van der Waals surface area contributed by atoms with Gasteiger partial charge in [0, 0.05) is 12.0 Å². The Morgan fingerprint density at radius 3 is 2.74 bits per heavy atom. The topological polar surface area (TPSA) is 21.3 Å². The molecular weight excluding hydrogens is 234 g/mol. The molecule has 2 heteroatoms. The van der Waals surface area contributed by atoms with Crippen LogP contribution in [0.3, 0.4) is 0 Å². The van der Waals surface area contributed by atoms with Crippen LogP contribution in [0.1, 0.15) is 55.7 Å². The number of benzene rings is 1. The van der Waals surface area contributed by atoms with Gasteiger partial charge in [-0.25, -0.2) is 0 Å². The van der Waals surface area contributed by atoms with Gasteiger partial charge in [-0.05, 0) is 50.3 Å². The van der Waals surface area contributed by atoms with Gasteiger partial charge in [0.15, 0.2) is 0 Å². The SMILES string of the molecule is CNC(c1cccc(C2CCC2)c1)C1COC(C)C1. The third-order valence-corrected chi connectivity index (χ3v) is 4.86. The molecule has 3 atom stereocenters. The van der Waals surface area contributed by atoms with Crippen molar-refractivity contribution in [2.75, 3.05) is 13.7 Å². The lowest BCUT2D eigenvalue weighted by Crippen LogP contribution is -2.26. The molecule has 2 aliphatic rings. The van der Waals surface area contributed by atoms with E-state index in [4.69, 9.17) is 4.74 Å². The summed E-state index contributed by atoms with van der Waals surface area (Å²) in [5.74, 6) is 1.42. The summed E-state index contributed by atoms with van der Waals surface area (Å²) in [5.41, 5.74) is 2.98. The summed E-state index contributed by atoms with van der Waals surface area (Å²) in [7, 11) is 2.07. The molecule has 0 radical (unpaired) electrons. The summed E-state index contributed by atoms with van der Waals surface area (Å²) in [6.07, 6.45) is 5.72. The molecule has 0 bridgehead atoms. The van der Waals surface area contributed by atoms with Crippen molar-refractivity contribution >= 4 is 0 Å². The highest BCUT2D eigenvalue weighted by molar-refractivity contribution is 5.30. The van der Waals surface area contributed by atoms with E-state index in [1.54, 1.807) is 0 Å². The summed E-state index contributed by atoms with van der Waals surface area (Å²) >= 11 is 0. The number of rotatable bonds is 4. The van der Waals surface area contributed by atoms with Crippen LogP contribution >= 0.6 is 0 Å². The number of hydrogen-bond acceptors (Lipinski definition) is 2. The predicted molar refractivity (Wildman–Crippen MR) is 78.4 cm³/mol. The van der Waals surface area contributed by atoms with E-state index in [9.17, 15) is 0 Å². The van der Waals surface area contributed by atoms with Crippen molar-refractivity contribution in [1.82, 2.24) is 5.32 Å². The minimum atomic E-state index is 0.413. The zero-order valence-electron chi connectivity index (χ0n) is 12.1. The second-order valence-electron chi connectivity index (χ2n) is 6.20. The molecule has 1 aliphatic carbocycles. The largest absolute Gasteiger partial charge is 0.378 e. The molecule has 1 saturated carbocycles. The van der Waals surface area contributed by atoms with Crippen LogP contribution in [0.5, 0.6) is 0 Å².